The summed E-state index contributed by atoms with van der Waals surface area (Å²) in [4.78, 5) is 16.7. The van der Waals surface area contributed by atoms with Gasteiger partial charge in [0, 0.05) is 16.7 Å². The number of sulfonamides is 1. The van der Waals surface area contributed by atoms with E-state index in [0.717, 1.165) is 16.2 Å². The van der Waals surface area contributed by atoms with Gasteiger partial charge < -0.3 is 0 Å². The highest BCUT2D eigenvalue weighted by Gasteiger charge is 2.10. The molecule has 0 bridgehead atoms. The van der Waals surface area contributed by atoms with Crippen molar-refractivity contribution in [3.63, 3.8) is 0 Å². The Labute approximate surface area is 121 Å². The molecule has 20 heavy (non-hydrogen) atoms. The maximum absolute atomic E-state index is 11.6. The fourth-order valence-corrected chi connectivity index (χ4v) is 2.66. The Morgan fingerprint density at radius 3 is 2.40 bits per heavy atom. The van der Waals surface area contributed by atoms with Crippen LogP contribution in [-0.2, 0) is 10.0 Å². The standard InChI is InChI=1S/C13H12N2O3S2/c1-20(17,18)15-13(16)10-5-7-11(8-6-10)19-12-4-2-3-9-14-12/h2-9H,1H3,(H,15,16). The van der Waals surface area contributed by atoms with Crippen LogP contribution < -0.4 is 4.72 Å². The van der Waals surface area contributed by atoms with Crippen LogP contribution in [0.2, 0.25) is 0 Å². The van der Waals surface area contributed by atoms with E-state index >= 15 is 0 Å². The van der Waals surface area contributed by atoms with Crippen molar-refractivity contribution in [2.24, 2.45) is 0 Å². The second-order valence-corrected chi connectivity index (χ2v) is 6.84. The lowest BCUT2D eigenvalue weighted by Gasteiger charge is -2.04. The Kier molecular flexibility index (Phi) is 4.41. The molecule has 2 aromatic rings. The quantitative estimate of drug-likeness (QED) is 0.934. The summed E-state index contributed by atoms with van der Waals surface area (Å²) >= 11 is 1.46. The van der Waals surface area contributed by atoms with Crippen molar-refractivity contribution in [3.05, 3.63) is 54.2 Å². The highest BCUT2D eigenvalue weighted by molar-refractivity contribution is 7.99. The third-order valence-electron chi connectivity index (χ3n) is 2.25. The van der Waals surface area contributed by atoms with Gasteiger partial charge in [-0.05, 0) is 36.4 Å². The molecule has 1 aromatic carbocycles. The molecular formula is C13H12N2O3S2. The van der Waals surface area contributed by atoms with Gasteiger partial charge in [-0.15, -0.1) is 0 Å². The molecule has 0 spiro atoms. The highest BCUT2D eigenvalue weighted by atomic mass is 32.2. The largest absolute Gasteiger partial charge is 0.268 e. The zero-order valence-corrected chi connectivity index (χ0v) is 12.2. The van der Waals surface area contributed by atoms with Gasteiger partial charge in [-0.1, -0.05) is 17.8 Å². The van der Waals surface area contributed by atoms with Crippen molar-refractivity contribution >= 4 is 27.7 Å². The number of carbonyl (C=O) groups is 1. The first-order chi connectivity index (χ1) is 9.44. The van der Waals surface area contributed by atoms with Gasteiger partial charge in [0.05, 0.1) is 6.26 Å². The summed E-state index contributed by atoms with van der Waals surface area (Å²) < 4.78 is 23.9. The number of hydrogen-bond acceptors (Lipinski definition) is 5. The molecule has 1 N–H and O–H groups in total. The maximum atomic E-state index is 11.6. The summed E-state index contributed by atoms with van der Waals surface area (Å²) in [5.74, 6) is -0.637. The lowest BCUT2D eigenvalue weighted by atomic mass is 10.2. The molecule has 0 aliphatic carbocycles. The number of amides is 1. The Morgan fingerprint density at radius 1 is 1.15 bits per heavy atom. The number of carbonyl (C=O) groups excluding carboxylic acids is 1. The molecule has 0 fully saturated rings. The van der Waals surface area contributed by atoms with E-state index in [1.54, 1.807) is 30.5 Å². The highest BCUT2D eigenvalue weighted by Crippen LogP contribution is 2.25. The molecule has 104 valence electrons. The SMILES string of the molecule is CS(=O)(=O)NC(=O)c1ccc(Sc2ccccn2)cc1. The second kappa shape index (κ2) is 6.06. The molecule has 7 heteroatoms. The zero-order chi connectivity index (χ0) is 14.6. The van der Waals surface area contributed by atoms with E-state index < -0.39 is 15.9 Å². The van der Waals surface area contributed by atoms with Crippen LogP contribution in [0.15, 0.2) is 58.6 Å². The lowest BCUT2D eigenvalue weighted by molar-refractivity contribution is 0.0981. The Hall–Kier alpha value is -1.86. The third kappa shape index (κ3) is 4.36. The molecule has 1 heterocycles. The van der Waals surface area contributed by atoms with Crippen LogP contribution in [0.5, 0.6) is 0 Å². The molecule has 5 nitrogen and oxygen atoms in total. The normalized spacial score (nSPS) is 11.1. The number of aromatic nitrogens is 1. The minimum absolute atomic E-state index is 0.292. The lowest BCUT2D eigenvalue weighted by Crippen LogP contribution is -2.29. The number of hydrogen-bond donors (Lipinski definition) is 1. The van der Waals surface area contributed by atoms with Crippen molar-refractivity contribution in [1.82, 2.24) is 9.71 Å². The van der Waals surface area contributed by atoms with Crippen LogP contribution in [0.3, 0.4) is 0 Å². The summed E-state index contributed by atoms with van der Waals surface area (Å²) in [7, 11) is -3.54. The predicted octanol–water partition coefficient (Wildman–Crippen LogP) is 1.92. The van der Waals surface area contributed by atoms with Crippen molar-refractivity contribution in [2.45, 2.75) is 9.92 Å². The average molecular weight is 308 g/mol. The van der Waals surface area contributed by atoms with Gasteiger partial charge in [0.15, 0.2) is 0 Å². The molecule has 2 rings (SSSR count). The topological polar surface area (TPSA) is 76.1 Å². The fraction of sp³-hybridized carbons (Fsp3) is 0.0769. The minimum Gasteiger partial charge on any atom is -0.268 e. The van der Waals surface area contributed by atoms with Crippen LogP contribution >= 0.6 is 11.8 Å². The van der Waals surface area contributed by atoms with E-state index in [9.17, 15) is 13.2 Å². The first-order valence-corrected chi connectivity index (χ1v) is 8.36. The molecule has 0 saturated heterocycles. The van der Waals surface area contributed by atoms with Crippen LogP contribution in [0.1, 0.15) is 10.4 Å². The monoisotopic (exact) mass is 308 g/mol. The zero-order valence-electron chi connectivity index (χ0n) is 10.6. The van der Waals surface area contributed by atoms with E-state index in [2.05, 4.69) is 4.98 Å². The summed E-state index contributed by atoms with van der Waals surface area (Å²) in [6.07, 6.45) is 2.65. The number of rotatable bonds is 4. The summed E-state index contributed by atoms with van der Waals surface area (Å²) in [6.45, 7) is 0. The van der Waals surface area contributed by atoms with E-state index in [4.69, 9.17) is 0 Å². The van der Waals surface area contributed by atoms with Gasteiger partial charge in [0.2, 0.25) is 10.0 Å². The molecule has 0 unspecified atom stereocenters. The molecule has 0 saturated carbocycles. The van der Waals surface area contributed by atoms with Crippen molar-refractivity contribution in [3.8, 4) is 0 Å². The van der Waals surface area contributed by atoms with Gasteiger partial charge >= 0.3 is 0 Å². The summed E-state index contributed by atoms with van der Waals surface area (Å²) in [6, 6.07) is 12.3. The maximum Gasteiger partial charge on any atom is 0.264 e. The second-order valence-electron chi connectivity index (χ2n) is 4.00. The molecule has 0 radical (unpaired) electrons. The number of nitrogens with one attached hydrogen (secondary N) is 1. The van der Waals surface area contributed by atoms with E-state index in [-0.39, 0.29) is 0 Å². The minimum atomic E-state index is -3.54. The molecule has 0 aliphatic heterocycles. The van der Waals surface area contributed by atoms with Gasteiger partial charge in [-0.2, -0.15) is 0 Å². The summed E-state index contributed by atoms with van der Waals surface area (Å²) in [5.41, 5.74) is 0.292. The fourth-order valence-electron chi connectivity index (χ4n) is 1.43. The van der Waals surface area contributed by atoms with Crippen molar-refractivity contribution < 1.29 is 13.2 Å². The Balaban J connectivity index is 2.09. The van der Waals surface area contributed by atoms with E-state index in [0.29, 0.717) is 5.56 Å². The molecule has 1 amide bonds. The van der Waals surface area contributed by atoms with Gasteiger partial charge in [0.25, 0.3) is 5.91 Å². The van der Waals surface area contributed by atoms with Gasteiger partial charge in [0.1, 0.15) is 5.03 Å². The van der Waals surface area contributed by atoms with Gasteiger partial charge in [-0.3, -0.25) is 4.79 Å². The molecule has 0 aliphatic rings. The van der Waals surface area contributed by atoms with Gasteiger partial charge in [-0.25, -0.2) is 18.1 Å². The molecular weight excluding hydrogens is 296 g/mol. The van der Waals surface area contributed by atoms with E-state index in [1.807, 2.05) is 22.9 Å². The molecule has 0 atom stereocenters. The van der Waals surface area contributed by atoms with Crippen LogP contribution in [0.4, 0.5) is 0 Å². The molecule has 1 aromatic heterocycles. The number of nitrogens with zero attached hydrogens (tertiary/aromatic N) is 1. The summed E-state index contributed by atoms with van der Waals surface area (Å²) in [5, 5.41) is 0.848. The Bertz CT molecular complexity index is 698. The number of pyridine rings is 1. The van der Waals surface area contributed by atoms with Crippen LogP contribution in [0, 0.1) is 0 Å². The van der Waals surface area contributed by atoms with Crippen molar-refractivity contribution in [1.29, 1.82) is 0 Å². The smallest absolute Gasteiger partial charge is 0.264 e. The Morgan fingerprint density at radius 2 is 1.85 bits per heavy atom. The average Bonchev–Trinajstić information content (AvgIpc) is 2.39. The third-order valence-corrected chi connectivity index (χ3v) is 3.77. The van der Waals surface area contributed by atoms with Crippen LogP contribution in [-0.4, -0.2) is 25.6 Å². The van der Waals surface area contributed by atoms with Crippen molar-refractivity contribution in [2.75, 3.05) is 6.26 Å². The van der Waals surface area contributed by atoms with Crippen LogP contribution in [0.25, 0.3) is 0 Å². The predicted molar refractivity (Wildman–Crippen MR) is 77.1 cm³/mol. The first kappa shape index (κ1) is 14.5. The van der Waals surface area contributed by atoms with E-state index in [1.165, 1.54) is 11.8 Å². The first-order valence-electron chi connectivity index (χ1n) is 5.65. The number of benzene rings is 1.